The van der Waals surface area contributed by atoms with Gasteiger partial charge in [-0.1, -0.05) is 31.5 Å². The van der Waals surface area contributed by atoms with Gasteiger partial charge in [-0.05, 0) is 31.5 Å². The Balaban J connectivity index is 0.000000531. The summed E-state index contributed by atoms with van der Waals surface area (Å²) in [5.41, 5.74) is 3.56. The number of hydrogen-bond acceptors (Lipinski definition) is 1. The molecule has 1 aromatic heterocycles. The molecule has 0 fully saturated rings. The first-order chi connectivity index (χ1) is 7.25. The number of nitrogens with zero attached hydrogens (tertiary/aromatic N) is 2. The second kappa shape index (κ2) is 5.35. The van der Waals surface area contributed by atoms with Crippen molar-refractivity contribution < 1.29 is 0 Å². The van der Waals surface area contributed by atoms with Crippen LogP contribution in [-0.4, -0.2) is 9.78 Å². The van der Waals surface area contributed by atoms with Crippen molar-refractivity contribution in [1.29, 1.82) is 0 Å². The Labute approximate surface area is 91.6 Å². The van der Waals surface area contributed by atoms with Crippen molar-refractivity contribution in [2.45, 2.75) is 27.7 Å². The standard InChI is InChI=1S/C11H12N2.C2H6/c1-9-3-5-11(6-4-9)13-8-10(2)7-12-13;1-2/h3-8H,1-2H3;1-2H3. The minimum absolute atomic E-state index is 1.11. The van der Waals surface area contributed by atoms with E-state index >= 15 is 0 Å². The van der Waals surface area contributed by atoms with E-state index in [0.717, 1.165) is 5.69 Å². The monoisotopic (exact) mass is 202 g/mol. The lowest BCUT2D eigenvalue weighted by atomic mass is 10.2. The fourth-order valence-corrected chi connectivity index (χ4v) is 1.25. The fraction of sp³-hybridized carbons (Fsp3) is 0.308. The molecule has 0 aliphatic heterocycles. The van der Waals surface area contributed by atoms with Crippen molar-refractivity contribution in [1.82, 2.24) is 9.78 Å². The molecule has 1 aromatic carbocycles. The Hall–Kier alpha value is -1.57. The van der Waals surface area contributed by atoms with Gasteiger partial charge in [-0.2, -0.15) is 5.10 Å². The third kappa shape index (κ3) is 2.94. The van der Waals surface area contributed by atoms with Crippen LogP contribution in [0.4, 0.5) is 0 Å². The predicted octanol–water partition coefficient (Wildman–Crippen LogP) is 3.52. The van der Waals surface area contributed by atoms with Crippen LogP contribution < -0.4 is 0 Å². The topological polar surface area (TPSA) is 17.8 Å². The van der Waals surface area contributed by atoms with Gasteiger partial charge in [0.25, 0.3) is 0 Å². The summed E-state index contributed by atoms with van der Waals surface area (Å²) in [4.78, 5) is 0. The summed E-state index contributed by atoms with van der Waals surface area (Å²) in [7, 11) is 0. The Morgan fingerprint density at radius 1 is 0.933 bits per heavy atom. The van der Waals surface area contributed by atoms with E-state index < -0.39 is 0 Å². The van der Waals surface area contributed by atoms with Gasteiger partial charge in [0.2, 0.25) is 0 Å². The van der Waals surface area contributed by atoms with Crippen LogP contribution in [0.2, 0.25) is 0 Å². The van der Waals surface area contributed by atoms with E-state index in [1.165, 1.54) is 11.1 Å². The van der Waals surface area contributed by atoms with Gasteiger partial charge in [0, 0.05) is 6.20 Å². The second-order valence-electron chi connectivity index (χ2n) is 3.30. The van der Waals surface area contributed by atoms with E-state index in [9.17, 15) is 0 Å². The maximum Gasteiger partial charge on any atom is 0.0645 e. The van der Waals surface area contributed by atoms with Gasteiger partial charge >= 0.3 is 0 Å². The summed E-state index contributed by atoms with van der Waals surface area (Å²) in [6, 6.07) is 8.32. The van der Waals surface area contributed by atoms with Gasteiger partial charge in [0.1, 0.15) is 0 Å². The average Bonchev–Trinajstić information content (AvgIpc) is 2.69. The molecule has 0 saturated heterocycles. The van der Waals surface area contributed by atoms with E-state index in [4.69, 9.17) is 0 Å². The summed E-state index contributed by atoms with van der Waals surface area (Å²) in [5, 5.41) is 4.23. The summed E-state index contributed by atoms with van der Waals surface area (Å²) in [6.07, 6.45) is 3.88. The molecule has 0 aliphatic rings. The van der Waals surface area contributed by atoms with Crippen molar-refractivity contribution in [2.24, 2.45) is 0 Å². The highest BCUT2D eigenvalue weighted by Crippen LogP contribution is 2.08. The zero-order valence-electron chi connectivity index (χ0n) is 9.86. The Morgan fingerprint density at radius 3 is 2.00 bits per heavy atom. The molecule has 0 aliphatic carbocycles. The fourth-order valence-electron chi connectivity index (χ4n) is 1.25. The smallest absolute Gasteiger partial charge is 0.0645 e. The zero-order chi connectivity index (χ0) is 11.3. The van der Waals surface area contributed by atoms with Gasteiger partial charge in [-0.25, -0.2) is 4.68 Å². The van der Waals surface area contributed by atoms with E-state index in [0.29, 0.717) is 0 Å². The number of aromatic nitrogens is 2. The highest BCUT2D eigenvalue weighted by molar-refractivity contribution is 5.33. The first-order valence-corrected chi connectivity index (χ1v) is 5.34. The van der Waals surface area contributed by atoms with Gasteiger partial charge in [-0.3, -0.25) is 0 Å². The van der Waals surface area contributed by atoms with Gasteiger partial charge in [0.15, 0.2) is 0 Å². The molecule has 1 heterocycles. The predicted molar refractivity (Wildman–Crippen MR) is 64.4 cm³/mol. The largest absolute Gasteiger partial charge is 0.241 e. The van der Waals surface area contributed by atoms with Crippen molar-refractivity contribution in [3.05, 3.63) is 47.8 Å². The minimum atomic E-state index is 1.11. The molecular weight excluding hydrogens is 184 g/mol. The molecule has 0 saturated carbocycles. The van der Waals surface area contributed by atoms with Gasteiger partial charge in [-0.15, -0.1) is 0 Å². The van der Waals surface area contributed by atoms with Gasteiger partial charge < -0.3 is 0 Å². The summed E-state index contributed by atoms with van der Waals surface area (Å²) < 4.78 is 1.88. The summed E-state index contributed by atoms with van der Waals surface area (Å²) in [6.45, 7) is 8.12. The molecule has 2 heteroatoms. The third-order valence-corrected chi connectivity index (χ3v) is 2.01. The summed E-state index contributed by atoms with van der Waals surface area (Å²) in [5.74, 6) is 0. The normalized spacial score (nSPS) is 9.33. The molecule has 0 bridgehead atoms. The lowest BCUT2D eigenvalue weighted by Gasteiger charge is -2.00. The first-order valence-electron chi connectivity index (χ1n) is 5.34. The number of aryl methyl sites for hydroxylation is 2. The molecule has 0 atom stereocenters. The Morgan fingerprint density at radius 2 is 1.53 bits per heavy atom. The van der Waals surface area contributed by atoms with E-state index in [1.807, 2.05) is 37.8 Å². The van der Waals surface area contributed by atoms with Crippen LogP contribution in [0.25, 0.3) is 5.69 Å². The maximum absolute atomic E-state index is 4.23. The molecular formula is C13H18N2. The van der Waals surface area contributed by atoms with Gasteiger partial charge in [0.05, 0.1) is 11.9 Å². The molecule has 0 unspecified atom stereocenters. The zero-order valence-corrected chi connectivity index (χ0v) is 9.86. The van der Waals surface area contributed by atoms with Crippen LogP contribution in [0.3, 0.4) is 0 Å². The van der Waals surface area contributed by atoms with Crippen LogP contribution in [-0.2, 0) is 0 Å². The second-order valence-corrected chi connectivity index (χ2v) is 3.30. The first kappa shape index (κ1) is 11.5. The van der Waals surface area contributed by atoms with Crippen molar-refractivity contribution in [2.75, 3.05) is 0 Å². The highest BCUT2D eigenvalue weighted by atomic mass is 15.3. The Bertz CT molecular complexity index is 399. The van der Waals surface area contributed by atoms with E-state index in [1.54, 1.807) is 0 Å². The molecule has 80 valence electrons. The molecule has 0 radical (unpaired) electrons. The average molecular weight is 202 g/mol. The van der Waals surface area contributed by atoms with Crippen LogP contribution in [0, 0.1) is 13.8 Å². The van der Waals surface area contributed by atoms with Crippen LogP contribution >= 0.6 is 0 Å². The van der Waals surface area contributed by atoms with E-state index in [-0.39, 0.29) is 0 Å². The van der Waals surface area contributed by atoms with Crippen molar-refractivity contribution in [3.63, 3.8) is 0 Å². The lowest BCUT2D eigenvalue weighted by Crippen LogP contribution is -1.93. The molecule has 2 nitrogen and oxygen atoms in total. The highest BCUT2D eigenvalue weighted by Gasteiger charge is 1.96. The molecule has 2 rings (SSSR count). The van der Waals surface area contributed by atoms with Crippen LogP contribution in [0.15, 0.2) is 36.7 Å². The van der Waals surface area contributed by atoms with E-state index in [2.05, 4.69) is 36.3 Å². The summed E-state index contributed by atoms with van der Waals surface area (Å²) >= 11 is 0. The lowest BCUT2D eigenvalue weighted by molar-refractivity contribution is 0.880. The number of hydrogen-bond donors (Lipinski definition) is 0. The maximum atomic E-state index is 4.23. The molecule has 0 N–H and O–H groups in total. The number of benzene rings is 1. The minimum Gasteiger partial charge on any atom is -0.241 e. The molecule has 15 heavy (non-hydrogen) atoms. The van der Waals surface area contributed by atoms with Crippen LogP contribution in [0.1, 0.15) is 25.0 Å². The number of rotatable bonds is 1. The molecule has 0 spiro atoms. The third-order valence-electron chi connectivity index (χ3n) is 2.01. The quantitative estimate of drug-likeness (QED) is 0.692. The molecule has 2 aromatic rings. The Kier molecular flexibility index (Phi) is 4.10. The SMILES string of the molecule is CC.Cc1ccc(-n2cc(C)cn2)cc1. The van der Waals surface area contributed by atoms with Crippen LogP contribution in [0.5, 0.6) is 0 Å². The molecule has 0 amide bonds. The van der Waals surface area contributed by atoms with Crippen molar-refractivity contribution in [3.8, 4) is 5.69 Å². The van der Waals surface area contributed by atoms with Crippen molar-refractivity contribution >= 4 is 0 Å².